The van der Waals surface area contributed by atoms with Gasteiger partial charge in [0.2, 0.25) is 0 Å². The number of allylic oxidation sites excluding steroid dienone is 1. The lowest BCUT2D eigenvalue weighted by atomic mass is 9.96. The number of hydrogen-bond donors (Lipinski definition) is 0. The molecule has 0 spiro atoms. The Kier molecular flexibility index (Phi) is 9.40. The standard InChI is InChI=1S/C31H18N2O.C3H6.2C2H6/c32-19-20-9-13-24-21(17-20)10-14-27-25-16-12-23(18-22(25)11-15-26(24)27)33-28-5-1-3-7-30(28)34-31-8-4-2-6-29(31)33;1-3-2;2*1-2/h1-18H;3H,1H2,2H3;2*1-2H3. The number of nitrogens with zero attached hydrogens (tertiary/aromatic N) is 2. The smallest absolute Gasteiger partial charge is 0.151 e. The number of para-hydroxylation sites is 4. The first-order valence-corrected chi connectivity index (χ1v) is 14.2. The van der Waals surface area contributed by atoms with E-state index in [1.807, 2.05) is 83.1 Å². The van der Waals surface area contributed by atoms with Crippen LogP contribution in [0.15, 0.2) is 122 Å². The van der Waals surface area contributed by atoms with Crippen LogP contribution in [-0.4, -0.2) is 0 Å². The summed E-state index contributed by atoms with van der Waals surface area (Å²) in [7, 11) is 0. The molecule has 0 radical (unpaired) electrons. The van der Waals surface area contributed by atoms with Gasteiger partial charge in [-0.15, -0.1) is 6.58 Å². The van der Waals surface area contributed by atoms with Crippen molar-refractivity contribution in [2.24, 2.45) is 0 Å². The first-order valence-electron chi connectivity index (χ1n) is 14.2. The Morgan fingerprint density at radius 3 is 1.63 bits per heavy atom. The van der Waals surface area contributed by atoms with Crippen LogP contribution in [0.5, 0.6) is 11.5 Å². The van der Waals surface area contributed by atoms with Crippen LogP contribution in [0, 0.1) is 11.3 Å². The van der Waals surface area contributed by atoms with Crippen molar-refractivity contribution in [3.63, 3.8) is 0 Å². The predicted octanol–water partition coefficient (Wildman–Crippen LogP) is 11.8. The van der Waals surface area contributed by atoms with Crippen LogP contribution in [-0.2, 0) is 0 Å². The van der Waals surface area contributed by atoms with E-state index in [4.69, 9.17) is 4.74 Å². The highest BCUT2D eigenvalue weighted by Crippen LogP contribution is 2.50. The highest BCUT2D eigenvalue weighted by molar-refractivity contribution is 6.17. The number of anilines is 3. The molecular weight excluding hydrogens is 500 g/mol. The molecule has 1 aliphatic rings. The summed E-state index contributed by atoms with van der Waals surface area (Å²) >= 11 is 0. The van der Waals surface area contributed by atoms with Gasteiger partial charge in [0, 0.05) is 5.69 Å². The molecule has 1 heterocycles. The van der Waals surface area contributed by atoms with Crippen molar-refractivity contribution in [2.75, 3.05) is 4.90 Å². The average molecular weight is 537 g/mol. The lowest BCUT2D eigenvalue weighted by Crippen LogP contribution is -2.15. The van der Waals surface area contributed by atoms with Crippen LogP contribution in [0.4, 0.5) is 17.1 Å². The Hall–Kier alpha value is -5.07. The molecule has 41 heavy (non-hydrogen) atoms. The molecule has 3 nitrogen and oxygen atoms in total. The first kappa shape index (κ1) is 28.9. The third-order valence-corrected chi connectivity index (χ3v) is 6.64. The van der Waals surface area contributed by atoms with Gasteiger partial charge in [-0.2, -0.15) is 5.26 Å². The Bertz CT molecular complexity index is 1820. The summed E-state index contributed by atoms with van der Waals surface area (Å²) in [5.74, 6) is 1.70. The Balaban J connectivity index is 0.000000512. The highest BCUT2D eigenvalue weighted by Gasteiger charge is 2.25. The summed E-state index contributed by atoms with van der Waals surface area (Å²) in [6.45, 7) is 13.2. The fourth-order valence-electron chi connectivity index (χ4n) is 5.07. The quantitative estimate of drug-likeness (QED) is 0.155. The molecule has 0 saturated carbocycles. The molecule has 6 aromatic carbocycles. The van der Waals surface area contributed by atoms with Crippen LogP contribution in [0.1, 0.15) is 40.2 Å². The van der Waals surface area contributed by atoms with Gasteiger partial charge in [0.05, 0.1) is 23.0 Å². The second-order valence-corrected chi connectivity index (χ2v) is 8.96. The number of rotatable bonds is 1. The van der Waals surface area contributed by atoms with Crippen molar-refractivity contribution in [3.8, 4) is 17.6 Å². The molecule has 0 saturated heterocycles. The van der Waals surface area contributed by atoms with Crippen molar-refractivity contribution in [2.45, 2.75) is 34.6 Å². The molecule has 0 N–H and O–H groups in total. The summed E-state index contributed by atoms with van der Waals surface area (Å²) in [6, 6.07) is 39.7. The minimum Gasteiger partial charge on any atom is -0.453 e. The molecular formula is C38H36N2O. The molecule has 0 amide bonds. The first-order chi connectivity index (χ1) is 20.2. The molecule has 204 valence electrons. The SMILES string of the molecule is C=CC.CC.CC.N#Cc1ccc2c(ccc3c4ccc(N5c6ccccc6Oc6ccccc65)cc4ccc23)c1. The van der Waals surface area contributed by atoms with E-state index in [2.05, 4.69) is 78.2 Å². The zero-order chi connectivity index (χ0) is 29.4. The van der Waals surface area contributed by atoms with Gasteiger partial charge < -0.3 is 9.64 Å². The average Bonchev–Trinajstić information content (AvgIpc) is 3.05. The normalized spacial score (nSPS) is 10.8. The summed E-state index contributed by atoms with van der Waals surface area (Å²) in [5, 5.41) is 16.3. The molecule has 0 aliphatic carbocycles. The fourth-order valence-corrected chi connectivity index (χ4v) is 5.07. The van der Waals surface area contributed by atoms with Crippen molar-refractivity contribution >= 4 is 49.4 Å². The Morgan fingerprint density at radius 2 is 1.10 bits per heavy atom. The van der Waals surface area contributed by atoms with E-state index in [9.17, 15) is 5.26 Å². The fraction of sp³-hybridized carbons (Fsp3) is 0.132. The third-order valence-electron chi connectivity index (χ3n) is 6.64. The molecule has 1 aliphatic heterocycles. The van der Waals surface area contributed by atoms with E-state index in [1.54, 1.807) is 6.08 Å². The van der Waals surface area contributed by atoms with Crippen molar-refractivity contribution < 1.29 is 4.74 Å². The number of benzene rings is 6. The minimum atomic E-state index is 0.684. The highest BCUT2D eigenvalue weighted by atomic mass is 16.5. The number of nitriles is 1. The van der Waals surface area contributed by atoms with Crippen molar-refractivity contribution in [1.82, 2.24) is 0 Å². The van der Waals surface area contributed by atoms with Gasteiger partial charge >= 0.3 is 0 Å². The molecule has 0 atom stereocenters. The van der Waals surface area contributed by atoms with E-state index in [1.165, 1.54) is 26.9 Å². The molecule has 7 rings (SSSR count). The molecule has 0 bridgehead atoms. The molecule has 0 unspecified atom stereocenters. The van der Waals surface area contributed by atoms with E-state index in [0.717, 1.165) is 33.9 Å². The number of hydrogen-bond acceptors (Lipinski definition) is 3. The lowest BCUT2D eigenvalue weighted by molar-refractivity contribution is 0.477. The second-order valence-electron chi connectivity index (χ2n) is 8.96. The van der Waals surface area contributed by atoms with Crippen molar-refractivity contribution in [1.29, 1.82) is 5.26 Å². The lowest BCUT2D eigenvalue weighted by Gasteiger charge is -2.32. The van der Waals surface area contributed by atoms with Gasteiger partial charge in [-0.05, 0) is 87.8 Å². The van der Waals surface area contributed by atoms with Gasteiger partial charge in [-0.3, -0.25) is 0 Å². The van der Waals surface area contributed by atoms with Crippen LogP contribution >= 0.6 is 0 Å². The maximum Gasteiger partial charge on any atom is 0.151 e. The van der Waals surface area contributed by atoms with Gasteiger partial charge in [0.25, 0.3) is 0 Å². The van der Waals surface area contributed by atoms with E-state index in [0.29, 0.717) is 5.56 Å². The molecule has 3 heteroatoms. The number of ether oxygens (including phenoxy) is 1. The predicted molar refractivity (Wildman–Crippen MR) is 177 cm³/mol. The molecule has 0 aromatic heterocycles. The van der Waals surface area contributed by atoms with E-state index < -0.39 is 0 Å². The van der Waals surface area contributed by atoms with Gasteiger partial charge in [0.15, 0.2) is 11.5 Å². The third kappa shape index (κ3) is 5.51. The minimum absolute atomic E-state index is 0.684. The van der Waals surface area contributed by atoms with Gasteiger partial charge in [0.1, 0.15) is 0 Å². The van der Waals surface area contributed by atoms with Gasteiger partial charge in [-0.1, -0.05) is 94.4 Å². The zero-order valence-corrected chi connectivity index (χ0v) is 24.5. The van der Waals surface area contributed by atoms with E-state index >= 15 is 0 Å². The summed E-state index contributed by atoms with van der Waals surface area (Å²) in [5.41, 5.74) is 3.83. The summed E-state index contributed by atoms with van der Waals surface area (Å²) in [6.07, 6.45) is 1.75. The molecule has 6 aromatic rings. The monoisotopic (exact) mass is 536 g/mol. The molecule has 0 fully saturated rings. The topological polar surface area (TPSA) is 36.3 Å². The Morgan fingerprint density at radius 1 is 0.634 bits per heavy atom. The summed E-state index contributed by atoms with van der Waals surface area (Å²) in [4.78, 5) is 2.27. The van der Waals surface area contributed by atoms with Crippen LogP contribution in [0.2, 0.25) is 0 Å². The largest absolute Gasteiger partial charge is 0.453 e. The maximum absolute atomic E-state index is 9.25. The maximum atomic E-state index is 9.25. The second kappa shape index (κ2) is 13.3. The van der Waals surface area contributed by atoms with Crippen LogP contribution < -0.4 is 9.64 Å². The van der Waals surface area contributed by atoms with Crippen LogP contribution in [0.25, 0.3) is 32.3 Å². The Labute approximate surface area is 243 Å². The zero-order valence-electron chi connectivity index (χ0n) is 24.5. The number of fused-ring (bicyclic) bond motifs is 7. The van der Waals surface area contributed by atoms with E-state index in [-0.39, 0.29) is 0 Å². The van der Waals surface area contributed by atoms with Crippen LogP contribution in [0.3, 0.4) is 0 Å². The van der Waals surface area contributed by atoms with Gasteiger partial charge in [-0.25, -0.2) is 0 Å². The summed E-state index contributed by atoms with van der Waals surface area (Å²) < 4.78 is 6.17. The van der Waals surface area contributed by atoms with Crippen molar-refractivity contribution in [3.05, 3.63) is 127 Å².